The van der Waals surface area contributed by atoms with E-state index in [9.17, 15) is 0 Å². The molecule has 10 heavy (non-hydrogen) atoms. The Kier molecular flexibility index (Phi) is 6.05. The monoisotopic (exact) mass is 201 g/mol. The topological polar surface area (TPSA) is 0 Å². The average molecular weight is 203 g/mol. The number of hydrogen-bond acceptors (Lipinski definition) is 1. The van der Waals surface area contributed by atoms with Crippen molar-refractivity contribution in [1.29, 1.82) is 0 Å². The van der Waals surface area contributed by atoms with Crippen LogP contribution in [0.3, 0.4) is 0 Å². The Bertz CT molecular complexity index is 162. The Morgan fingerprint density at radius 2 is 2.00 bits per heavy atom. The number of rotatable bonds is 2. The minimum Gasteiger partial charge on any atom is -0.184 e. The third-order valence-corrected chi connectivity index (χ3v) is 1.89. The summed E-state index contributed by atoms with van der Waals surface area (Å²) in [7, 11) is 0. The molecule has 0 nitrogen and oxygen atoms in total. The van der Waals surface area contributed by atoms with Crippen LogP contribution in [0, 0.1) is 6.07 Å². The van der Waals surface area contributed by atoms with E-state index in [0.717, 1.165) is 5.75 Å². The largest absolute Gasteiger partial charge is 0.184 e. The first kappa shape index (κ1) is 10.2. The third kappa shape index (κ3) is 3.38. The molecule has 0 aliphatic carbocycles. The van der Waals surface area contributed by atoms with Gasteiger partial charge in [-0.25, -0.2) is 0 Å². The van der Waals surface area contributed by atoms with Gasteiger partial charge in [0.25, 0.3) is 0 Å². The van der Waals surface area contributed by atoms with Gasteiger partial charge in [-0.2, -0.15) is 42.1 Å². The molecule has 0 saturated heterocycles. The van der Waals surface area contributed by atoms with Gasteiger partial charge in [-0.1, -0.05) is 6.92 Å². The summed E-state index contributed by atoms with van der Waals surface area (Å²) < 4.78 is 0. The van der Waals surface area contributed by atoms with Gasteiger partial charge in [-0.15, -0.1) is 4.90 Å². The summed E-state index contributed by atoms with van der Waals surface area (Å²) in [5, 5.41) is 0. The smallest absolute Gasteiger partial charge is 0 e. The first-order valence-corrected chi connectivity index (χ1v) is 4.01. The molecule has 0 aliphatic rings. The molecule has 0 saturated carbocycles. The van der Waals surface area contributed by atoms with E-state index in [4.69, 9.17) is 0 Å². The maximum absolute atomic E-state index is 2.98. The Labute approximate surface area is 79.2 Å². The average Bonchev–Trinajstić information content (AvgIpc) is 1.91. The van der Waals surface area contributed by atoms with Crippen molar-refractivity contribution in [3.8, 4) is 0 Å². The molecule has 0 N–H and O–H groups in total. The van der Waals surface area contributed by atoms with Crippen LogP contribution in [0.4, 0.5) is 0 Å². The minimum atomic E-state index is 0. The summed E-state index contributed by atoms with van der Waals surface area (Å²) in [5.74, 6) is 1.14. The molecule has 0 spiro atoms. The molecule has 0 aliphatic heterocycles. The summed E-state index contributed by atoms with van der Waals surface area (Å²) in [6.07, 6.45) is 0. The van der Waals surface area contributed by atoms with Crippen LogP contribution in [-0.4, -0.2) is 5.75 Å². The second kappa shape index (κ2) is 5.94. The fraction of sp³-hybridized carbons (Fsp3) is 0.250. The predicted molar refractivity (Wildman–Crippen MR) is 41.7 cm³/mol. The second-order valence-corrected chi connectivity index (χ2v) is 3.01. The minimum absolute atomic E-state index is 0. The van der Waals surface area contributed by atoms with Gasteiger partial charge in [0, 0.05) is 19.5 Å². The van der Waals surface area contributed by atoms with E-state index in [1.165, 1.54) is 4.90 Å². The maximum atomic E-state index is 2.98. The van der Waals surface area contributed by atoms with Gasteiger partial charge in [0.05, 0.1) is 0 Å². The molecular weight excluding hydrogens is 194 g/mol. The van der Waals surface area contributed by atoms with Gasteiger partial charge in [0.1, 0.15) is 0 Å². The van der Waals surface area contributed by atoms with Crippen LogP contribution in [0.15, 0.2) is 29.2 Å². The molecule has 0 radical (unpaired) electrons. The van der Waals surface area contributed by atoms with E-state index in [1.54, 1.807) is 0 Å². The zero-order chi connectivity index (χ0) is 6.53. The summed E-state index contributed by atoms with van der Waals surface area (Å²) in [6, 6.07) is 11.0. The van der Waals surface area contributed by atoms with Gasteiger partial charge in [-0.05, 0) is 5.75 Å². The Hall–Kier alpha value is 0.193. The molecule has 0 fully saturated rings. The molecular formula is C8H9SZn-. The van der Waals surface area contributed by atoms with Crippen molar-refractivity contribution in [1.82, 2.24) is 0 Å². The predicted octanol–water partition coefficient (Wildman–Crippen LogP) is 2.60. The van der Waals surface area contributed by atoms with Gasteiger partial charge in [-0.3, -0.25) is 0 Å². The summed E-state index contributed by atoms with van der Waals surface area (Å²) in [4.78, 5) is 1.33. The van der Waals surface area contributed by atoms with E-state index in [0.29, 0.717) is 0 Å². The summed E-state index contributed by atoms with van der Waals surface area (Å²) in [5.41, 5.74) is 0. The van der Waals surface area contributed by atoms with Gasteiger partial charge < -0.3 is 0 Å². The molecule has 0 unspecified atom stereocenters. The molecule has 50 valence electrons. The summed E-state index contributed by atoms with van der Waals surface area (Å²) in [6.45, 7) is 2.15. The second-order valence-electron chi connectivity index (χ2n) is 1.67. The van der Waals surface area contributed by atoms with E-state index in [1.807, 2.05) is 23.9 Å². The molecule has 1 aromatic carbocycles. The van der Waals surface area contributed by atoms with Crippen LogP contribution in [-0.2, 0) is 19.5 Å². The Morgan fingerprint density at radius 3 is 2.50 bits per heavy atom. The van der Waals surface area contributed by atoms with Crippen molar-refractivity contribution >= 4 is 11.8 Å². The van der Waals surface area contributed by atoms with E-state index >= 15 is 0 Å². The zero-order valence-electron chi connectivity index (χ0n) is 6.13. The number of thioether (sulfide) groups is 1. The van der Waals surface area contributed by atoms with E-state index in [-0.39, 0.29) is 19.5 Å². The van der Waals surface area contributed by atoms with Crippen LogP contribution in [0.25, 0.3) is 0 Å². The van der Waals surface area contributed by atoms with Crippen LogP contribution in [0.1, 0.15) is 6.92 Å². The first-order chi connectivity index (χ1) is 4.43. The fourth-order valence-corrected chi connectivity index (χ4v) is 1.30. The van der Waals surface area contributed by atoms with Crippen molar-refractivity contribution in [2.45, 2.75) is 11.8 Å². The van der Waals surface area contributed by atoms with E-state index < -0.39 is 0 Å². The molecule has 0 heterocycles. The van der Waals surface area contributed by atoms with Crippen molar-refractivity contribution in [2.75, 3.05) is 5.75 Å². The summed E-state index contributed by atoms with van der Waals surface area (Å²) >= 11 is 1.86. The SMILES string of the molecule is CCSc1cc[c-]cc1.[Zn]. The van der Waals surface area contributed by atoms with Gasteiger partial charge in [0.2, 0.25) is 0 Å². The maximum Gasteiger partial charge on any atom is 0 e. The number of benzene rings is 1. The van der Waals surface area contributed by atoms with Crippen LogP contribution < -0.4 is 0 Å². The Morgan fingerprint density at radius 1 is 1.40 bits per heavy atom. The third-order valence-electron chi connectivity index (χ3n) is 0.999. The standard InChI is InChI=1S/C8H9S.Zn/c1-2-9-8-6-4-3-5-7-8;/h4-7H,2H2,1H3;/q-1;. The van der Waals surface area contributed by atoms with Gasteiger partial charge in [0.15, 0.2) is 0 Å². The van der Waals surface area contributed by atoms with Crippen molar-refractivity contribution in [3.05, 3.63) is 30.3 Å². The van der Waals surface area contributed by atoms with Crippen molar-refractivity contribution in [2.24, 2.45) is 0 Å². The van der Waals surface area contributed by atoms with Crippen molar-refractivity contribution in [3.63, 3.8) is 0 Å². The van der Waals surface area contributed by atoms with Crippen LogP contribution >= 0.6 is 11.8 Å². The van der Waals surface area contributed by atoms with E-state index in [2.05, 4.69) is 25.1 Å². The molecule has 0 bridgehead atoms. The normalized spacial score (nSPS) is 8.50. The molecule has 0 aromatic heterocycles. The van der Waals surface area contributed by atoms with Crippen molar-refractivity contribution < 1.29 is 19.5 Å². The van der Waals surface area contributed by atoms with Crippen LogP contribution in [0.2, 0.25) is 0 Å². The van der Waals surface area contributed by atoms with Gasteiger partial charge >= 0.3 is 0 Å². The Balaban J connectivity index is 0.000000810. The quantitative estimate of drug-likeness (QED) is 0.404. The first-order valence-electron chi connectivity index (χ1n) is 3.02. The molecule has 2 heteroatoms. The molecule has 1 aromatic rings. The molecule has 1 rings (SSSR count). The molecule has 0 atom stereocenters. The fourth-order valence-electron chi connectivity index (χ4n) is 0.634. The zero-order valence-corrected chi connectivity index (χ0v) is 9.92. The van der Waals surface area contributed by atoms with Crippen LogP contribution in [0.5, 0.6) is 0 Å². The number of hydrogen-bond donors (Lipinski definition) is 0. The molecule has 0 amide bonds.